The molecule has 2 bridgehead atoms. The van der Waals surface area contributed by atoms with Crippen LogP contribution in [0.15, 0.2) is 0 Å². The van der Waals surface area contributed by atoms with Crippen LogP contribution in [-0.2, 0) is 6.42 Å². The fraction of sp³-hybridized carbons (Fsp3) is 0.652. The molecule has 5 heteroatoms. The lowest BCUT2D eigenvalue weighted by molar-refractivity contribution is -0.195. The van der Waals surface area contributed by atoms with Crippen molar-refractivity contribution in [2.75, 3.05) is 0 Å². The number of ether oxygens (including phenoxy) is 1. The Bertz CT molecular complexity index is 851. The van der Waals surface area contributed by atoms with Crippen molar-refractivity contribution in [3.05, 3.63) is 16.7 Å². The van der Waals surface area contributed by atoms with Crippen molar-refractivity contribution in [2.45, 2.75) is 71.8 Å². The second kappa shape index (κ2) is 6.23. The summed E-state index contributed by atoms with van der Waals surface area (Å²) in [6, 6.07) is 0. The van der Waals surface area contributed by atoms with Crippen molar-refractivity contribution in [1.29, 1.82) is 0 Å². The molecule has 4 aliphatic rings. The molecular formula is C23H30O5. The summed E-state index contributed by atoms with van der Waals surface area (Å²) in [6.07, 6.45) is 5.20. The highest BCUT2D eigenvalue weighted by atomic mass is 16.5. The average Bonchev–Trinajstić information content (AvgIpc) is 2.61. The first-order valence-corrected chi connectivity index (χ1v) is 10.4. The number of aromatic hydroxyl groups is 2. The maximum Gasteiger partial charge on any atom is 0.170 e. The van der Waals surface area contributed by atoms with Gasteiger partial charge in [-0.05, 0) is 49.4 Å². The summed E-state index contributed by atoms with van der Waals surface area (Å²) in [5.41, 5.74) is 0.191. The molecule has 1 spiro atoms. The van der Waals surface area contributed by atoms with Gasteiger partial charge >= 0.3 is 0 Å². The lowest BCUT2D eigenvalue weighted by Crippen LogP contribution is -2.64. The average molecular weight is 386 g/mol. The van der Waals surface area contributed by atoms with Crippen LogP contribution in [0.5, 0.6) is 17.2 Å². The Labute approximate surface area is 166 Å². The molecule has 5 nitrogen and oxygen atoms in total. The van der Waals surface area contributed by atoms with Crippen LogP contribution in [0.1, 0.15) is 86.1 Å². The molecule has 0 aromatic heterocycles. The van der Waals surface area contributed by atoms with Gasteiger partial charge in [0.05, 0.1) is 5.56 Å². The molecule has 0 unspecified atom stereocenters. The first kappa shape index (κ1) is 19.3. The van der Waals surface area contributed by atoms with Gasteiger partial charge in [0.25, 0.3) is 0 Å². The number of carbonyl (C=O) groups is 2. The number of aldehydes is 1. The zero-order chi connectivity index (χ0) is 20.4. The maximum absolute atomic E-state index is 12.6. The molecule has 5 rings (SSSR count). The number of phenolic OH excluding ortho intramolecular Hbond substituents is 2. The highest BCUT2D eigenvalue weighted by Crippen LogP contribution is 2.66. The van der Waals surface area contributed by atoms with Gasteiger partial charge in [-0.15, -0.1) is 0 Å². The second-order valence-corrected chi connectivity index (χ2v) is 9.94. The van der Waals surface area contributed by atoms with E-state index < -0.39 is 5.75 Å². The van der Waals surface area contributed by atoms with Crippen molar-refractivity contribution in [3.8, 4) is 17.2 Å². The van der Waals surface area contributed by atoms with Gasteiger partial charge in [-0.3, -0.25) is 9.59 Å². The van der Waals surface area contributed by atoms with Crippen LogP contribution in [0.3, 0.4) is 0 Å². The highest BCUT2D eigenvalue weighted by Gasteiger charge is 2.63. The molecule has 0 amide bonds. The molecule has 3 fully saturated rings. The Morgan fingerprint density at radius 2 is 1.96 bits per heavy atom. The zero-order valence-electron chi connectivity index (χ0n) is 17.2. The van der Waals surface area contributed by atoms with E-state index >= 15 is 0 Å². The Morgan fingerprint density at radius 1 is 1.25 bits per heavy atom. The molecule has 1 heterocycles. The second-order valence-electron chi connectivity index (χ2n) is 9.94. The molecule has 2 N–H and O–H groups in total. The van der Waals surface area contributed by atoms with E-state index in [0.717, 1.165) is 31.6 Å². The molecule has 1 aliphatic heterocycles. The van der Waals surface area contributed by atoms with Crippen LogP contribution in [-0.4, -0.2) is 27.9 Å². The van der Waals surface area contributed by atoms with E-state index in [1.165, 1.54) is 0 Å². The molecular weight excluding hydrogens is 356 g/mol. The van der Waals surface area contributed by atoms with E-state index in [1.54, 1.807) is 0 Å². The van der Waals surface area contributed by atoms with Crippen molar-refractivity contribution in [2.24, 2.45) is 23.2 Å². The van der Waals surface area contributed by atoms with Gasteiger partial charge in [-0.1, -0.05) is 27.7 Å². The number of phenols is 2. The third-order valence-corrected chi connectivity index (χ3v) is 7.65. The third-order valence-electron chi connectivity index (χ3n) is 7.65. The summed E-state index contributed by atoms with van der Waals surface area (Å²) >= 11 is 0. The summed E-state index contributed by atoms with van der Waals surface area (Å²) in [6.45, 7) is 8.37. The van der Waals surface area contributed by atoms with E-state index in [4.69, 9.17) is 4.74 Å². The quantitative estimate of drug-likeness (QED) is 0.581. The Kier molecular flexibility index (Phi) is 4.29. The Morgan fingerprint density at radius 3 is 2.54 bits per heavy atom. The Balaban J connectivity index is 1.79. The van der Waals surface area contributed by atoms with Gasteiger partial charge in [-0.2, -0.15) is 0 Å². The largest absolute Gasteiger partial charge is 0.507 e. The number of benzene rings is 1. The number of ketones is 1. The monoisotopic (exact) mass is 386 g/mol. The fourth-order valence-corrected chi connectivity index (χ4v) is 5.97. The van der Waals surface area contributed by atoms with Gasteiger partial charge < -0.3 is 14.9 Å². The topological polar surface area (TPSA) is 83.8 Å². The molecule has 3 saturated carbocycles. The minimum Gasteiger partial charge on any atom is -0.507 e. The molecule has 1 aromatic carbocycles. The standard InChI is InChI=1S/C23H30O5/c1-12(2)9-16(25)18-19(26)14-6-8-23(28-21(14)15(11-24)20(18)27)7-5-13-10-17(23)22(13,3)4/h11-13,17,26-27H,5-10H2,1-4H3/t13-,17+,23-/m0/s1. The summed E-state index contributed by atoms with van der Waals surface area (Å²) < 4.78 is 6.48. The number of carbonyl (C=O) groups excluding carboxylic acids is 2. The number of hydrogen-bond acceptors (Lipinski definition) is 5. The summed E-state index contributed by atoms with van der Waals surface area (Å²) in [5.74, 6) is 0.456. The normalized spacial score (nSPS) is 29.8. The van der Waals surface area contributed by atoms with E-state index in [2.05, 4.69) is 13.8 Å². The van der Waals surface area contributed by atoms with Gasteiger partial charge in [0.2, 0.25) is 0 Å². The van der Waals surface area contributed by atoms with E-state index in [-0.39, 0.29) is 51.8 Å². The third kappa shape index (κ3) is 2.51. The molecule has 152 valence electrons. The van der Waals surface area contributed by atoms with Crippen LogP contribution in [0.4, 0.5) is 0 Å². The number of rotatable bonds is 4. The lowest BCUT2D eigenvalue weighted by atomic mass is 9.43. The summed E-state index contributed by atoms with van der Waals surface area (Å²) in [7, 11) is 0. The van der Waals surface area contributed by atoms with Crippen molar-refractivity contribution in [3.63, 3.8) is 0 Å². The van der Waals surface area contributed by atoms with Crippen LogP contribution in [0.2, 0.25) is 0 Å². The first-order valence-electron chi connectivity index (χ1n) is 10.4. The van der Waals surface area contributed by atoms with Crippen LogP contribution < -0.4 is 4.74 Å². The van der Waals surface area contributed by atoms with Gasteiger partial charge in [0.1, 0.15) is 28.4 Å². The van der Waals surface area contributed by atoms with Crippen molar-refractivity contribution in [1.82, 2.24) is 0 Å². The van der Waals surface area contributed by atoms with E-state index in [9.17, 15) is 19.8 Å². The zero-order valence-corrected chi connectivity index (χ0v) is 17.2. The van der Waals surface area contributed by atoms with Crippen molar-refractivity contribution < 1.29 is 24.5 Å². The minimum atomic E-state index is -0.449. The molecule has 3 atom stereocenters. The van der Waals surface area contributed by atoms with E-state index in [1.807, 2.05) is 13.8 Å². The van der Waals surface area contributed by atoms with Crippen LogP contribution >= 0.6 is 0 Å². The number of Topliss-reactive ketones (excluding diaryl/α,β-unsaturated/α-hetero) is 1. The van der Waals surface area contributed by atoms with Gasteiger partial charge in [-0.25, -0.2) is 0 Å². The SMILES string of the molecule is CC(C)CC(=O)c1c(O)c(C=O)c2c(c1O)CC[C@]1(CC[C@H]3C[C@@H]1C3(C)C)O2. The van der Waals surface area contributed by atoms with E-state index in [0.29, 0.717) is 24.2 Å². The molecule has 1 aromatic rings. The summed E-state index contributed by atoms with van der Waals surface area (Å²) in [4.78, 5) is 24.5. The first-order chi connectivity index (χ1) is 13.1. The van der Waals surface area contributed by atoms with Crippen molar-refractivity contribution >= 4 is 12.1 Å². The van der Waals surface area contributed by atoms with Gasteiger partial charge in [0, 0.05) is 17.9 Å². The summed E-state index contributed by atoms with van der Waals surface area (Å²) in [5, 5.41) is 21.5. The fourth-order valence-electron chi connectivity index (χ4n) is 5.97. The number of fused-ring (bicyclic) bond motifs is 2. The Hall–Kier alpha value is -2.04. The minimum absolute atomic E-state index is 0.00164. The van der Waals surface area contributed by atoms with Crippen LogP contribution in [0.25, 0.3) is 0 Å². The predicted molar refractivity (Wildman–Crippen MR) is 105 cm³/mol. The smallest absolute Gasteiger partial charge is 0.170 e. The van der Waals surface area contributed by atoms with Gasteiger partial charge in [0.15, 0.2) is 12.1 Å². The molecule has 28 heavy (non-hydrogen) atoms. The highest BCUT2D eigenvalue weighted by molar-refractivity contribution is 6.05. The predicted octanol–water partition coefficient (Wildman–Crippen LogP) is 4.66. The van der Waals surface area contributed by atoms with Crippen LogP contribution in [0, 0.1) is 23.2 Å². The molecule has 3 aliphatic carbocycles. The maximum atomic E-state index is 12.6. The molecule has 0 saturated heterocycles. The lowest BCUT2D eigenvalue weighted by Gasteiger charge is -2.65. The molecule has 0 radical (unpaired) electrons. The number of hydrogen-bond donors (Lipinski definition) is 2.